The summed E-state index contributed by atoms with van der Waals surface area (Å²) in [4.78, 5) is 22.1. The van der Waals surface area contributed by atoms with Crippen molar-refractivity contribution in [1.29, 1.82) is 0 Å². The number of rotatable bonds is 6. The highest BCUT2D eigenvalue weighted by Gasteiger charge is 2.48. The monoisotopic (exact) mass is 404 g/mol. The first-order valence-corrected chi connectivity index (χ1v) is 11.2. The Labute approximate surface area is 165 Å². The van der Waals surface area contributed by atoms with Crippen molar-refractivity contribution in [2.45, 2.75) is 50.4 Å². The molecule has 1 fully saturated rings. The maximum absolute atomic E-state index is 12.3. The van der Waals surface area contributed by atoms with Crippen LogP contribution in [-0.2, 0) is 24.2 Å². The summed E-state index contributed by atoms with van der Waals surface area (Å²) in [6.45, 7) is 3.11. The lowest BCUT2D eigenvalue weighted by Gasteiger charge is -2.26. The Morgan fingerprint density at radius 3 is 2.71 bits per heavy atom. The van der Waals surface area contributed by atoms with Crippen molar-refractivity contribution in [2.24, 2.45) is 11.1 Å². The van der Waals surface area contributed by atoms with Crippen LogP contribution in [0.4, 0.5) is 0 Å². The number of pyridine rings is 1. The van der Waals surface area contributed by atoms with Gasteiger partial charge in [-0.3, -0.25) is 9.78 Å². The molecule has 3 rings (SSSR count). The average molecular weight is 404 g/mol. The Bertz CT molecular complexity index is 939. The van der Waals surface area contributed by atoms with Crippen molar-refractivity contribution in [3.05, 3.63) is 29.6 Å². The molecule has 2 heterocycles. The first-order chi connectivity index (χ1) is 13.2. The number of carbonyl (C=O) groups excluding carboxylic acids is 1. The van der Waals surface area contributed by atoms with Gasteiger partial charge in [0.25, 0.3) is 0 Å². The van der Waals surface area contributed by atoms with Gasteiger partial charge >= 0.3 is 5.97 Å². The maximum atomic E-state index is 12.3. The van der Waals surface area contributed by atoms with Crippen LogP contribution in [0.1, 0.15) is 50.8 Å². The van der Waals surface area contributed by atoms with Crippen LogP contribution >= 0.6 is 0 Å². The quantitative estimate of drug-likeness (QED) is 0.532. The zero-order chi connectivity index (χ0) is 20.4. The number of hydrogen-bond acceptors (Lipinski definition) is 7. The molecule has 0 N–H and O–H groups in total. The molecule has 7 nitrogen and oxygen atoms in total. The Hall–Kier alpha value is -2.40. The molecule has 2 atom stereocenters. The molecule has 1 saturated carbocycles. The van der Waals surface area contributed by atoms with E-state index >= 15 is 0 Å². The number of oxime groups is 1. The van der Waals surface area contributed by atoms with Crippen LogP contribution in [0, 0.1) is 17.8 Å². The second-order valence-corrected chi connectivity index (χ2v) is 9.82. The number of carbonyl (C=O) groups is 1. The molecule has 1 aliphatic carbocycles. The van der Waals surface area contributed by atoms with Crippen LogP contribution in [0.5, 0.6) is 0 Å². The van der Waals surface area contributed by atoms with Gasteiger partial charge in [0.05, 0.1) is 12.3 Å². The highest BCUT2D eigenvalue weighted by atomic mass is 32.2. The molecule has 1 aliphatic heterocycles. The summed E-state index contributed by atoms with van der Waals surface area (Å²) in [5, 5.41) is 4.04. The van der Waals surface area contributed by atoms with Gasteiger partial charge in [-0.1, -0.05) is 17.0 Å². The third kappa shape index (κ3) is 4.53. The number of ether oxygens (including phenoxy) is 1. The Kier molecular flexibility index (Phi) is 5.75. The number of sulfone groups is 1. The van der Waals surface area contributed by atoms with Crippen LogP contribution in [0.3, 0.4) is 0 Å². The Morgan fingerprint density at radius 2 is 2.14 bits per heavy atom. The van der Waals surface area contributed by atoms with E-state index in [9.17, 15) is 13.2 Å². The van der Waals surface area contributed by atoms with E-state index in [0.29, 0.717) is 23.7 Å². The summed E-state index contributed by atoms with van der Waals surface area (Å²) in [5.41, 5.74) is 2.11. The fraction of sp³-hybridized carbons (Fsp3) is 0.550. The maximum Gasteiger partial charge on any atom is 0.327 e. The third-order valence-corrected chi connectivity index (χ3v) is 6.90. The average Bonchev–Trinajstić information content (AvgIpc) is 3.37. The summed E-state index contributed by atoms with van der Waals surface area (Å²) in [6.07, 6.45) is 4.85. The summed E-state index contributed by atoms with van der Waals surface area (Å²) in [5.74, 6) is 6.04. The summed E-state index contributed by atoms with van der Waals surface area (Å²) in [6, 6.07) is 3.70. The molecule has 0 saturated heterocycles. The Balaban J connectivity index is 1.66. The molecule has 2 aliphatic rings. The van der Waals surface area contributed by atoms with Gasteiger partial charge in [-0.15, -0.1) is 0 Å². The molecule has 28 heavy (non-hydrogen) atoms. The van der Waals surface area contributed by atoms with Crippen LogP contribution < -0.4 is 0 Å². The second-order valence-electron chi connectivity index (χ2n) is 7.37. The van der Waals surface area contributed by atoms with Crippen molar-refractivity contribution >= 4 is 21.5 Å². The fourth-order valence-electron chi connectivity index (χ4n) is 2.84. The van der Waals surface area contributed by atoms with Gasteiger partial charge in [0, 0.05) is 36.8 Å². The van der Waals surface area contributed by atoms with Crippen molar-refractivity contribution in [1.82, 2.24) is 4.98 Å². The van der Waals surface area contributed by atoms with Crippen LogP contribution in [0.25, 0.3) is 0 Å². The van der Waals surface area contributed by atoms with E-state index in [1.54, 1.807) is 13.1 Å². The number of nitrogens with zero attached hydrogens (tertiary/aromatic N) is 2. The van der Waals surface area contributed by atoms with E-state index in [1.165, 1.54) is 19.8 Å². The summed E-state index contributed by atoms with van der Waals surface area (Å²) < 4.78 is 27.8. The highest BCUT2D eigenvalue weighted by Crippen LogP contribution is 2.30. The summed E-state index contributed by atoms with van der Waals surface area (Å²) >= 11 is 0. The lowest BCUT2D eigenvalue weighted by Crippen LogP contribution is -2.47. The van der Waals surface area contributed by atoms with Gasteiger partial charge in [0.15, 0.2) is 14.6 Å². The summed E-state index contributed by atoms with van der Waals surface area (Å²) in [7, 11) is -3.71. The molecule has 2 unspecified atom stereocenters. The SMILES string of the molecule is CCOC(=O)C(C)(CC1CC(c2ccc(C#CC3CC3)cn2)=NO1)S(C)(=O)=O. The van der Waals surface area contributed by atoms with Gasteiger partial charge in [0.1, 0.15) is 11.8 Å². The van der Waals surface area contributed by atoms with Gasteiger partial charge in [-0.2, -0.15) is 0 Å². The molecular formula is C20H24N2O5S. The minimum atomic E-state index is -3.71. The zero-order valence-corrected chi connectivity index (χ0v) is 17.1. The lowest BCUT2D eigenvalue weighted by atomic mass is 9.98. The van der Waals surface area contributed by atoms with E-state index in [4.69, 9.17) is 9.57 Å². The third-order valence-electron chi connectivity index (χ3n) is 4.93. The highest BCUT2D eigenvalue weighted by molar-refractivity contribution is 7.92. The number of aromatic nitrogens is 1. The molecule has 0 radical (unpaired) electrons. The fourth-order valence-corrected chi connectivity index (χ4v) is 3.70. The van der Waals surface area contributed by atoms with E-state index in [2.05, 4.69) is 22.0 Å². The normalized spacial score (nSPS) is 21.0. The van der Waals surface area contributed by atoms with Gasteiger partial charge in [0.2, 0.25) is 0 Å². The topological polar surface area (TPSA) is 94.9 Å². The van der Waals surface area contributed by atoms with Crippen LogP contribution in [0.15, 0.2) is 23.5 Å². The van der Waals surface area contributed by atoms with Crippen molar-refractivity contribution < 1.29 is 22.8 Å². The van der Waals surface area contributed by atoms with Gasteiger partial charge in [-0.25, -0.2) is 8.42 Å². The number of esters is 1. The molecule has 1 aromatic heterocycles. The van der Waals surface area contributed by atoms with E-state index in [1.807, 2.05) is 12.1 Å². The van der Waals surface area contributed by atoms with Gasteiger partial charge < -0.3 is 9.57 Å². The molecule has 0 amide bonds. The minimum absolute atomic E-state index is 0.0391. The molecule has 0 aromatic carbocycles. The zero-order valence-electron chi connectivity index (χ0n) is 16.3. The smallest absolute Gasteiger partial charge is 0.327 e. The van der Waals surface area contributed by atoms with Crippen molar-refractivity contribution in [3.63, 3.8) is 0 Å². The predicted octanol–water partition coefficient (Wildman–Crippen LogP) is 2.09. The van der Waals surface area contributed by atoms with Crippen LogP contribution in [-0.4, -0.2) is 48.8 Å². The molecule has 150 valence electrons. The Morgan fingerprint density at radius 1 is 1.39 bits per heavy atom. The predicted molar refractivity (Wildman–Crippen MR) is 104 cm³/mol. The molecular weight excluding hydrogens is 380 g/mol. The second kappa shape index (κ2) is 7.92. The van der Waals surface area contributed by atoms with Crippen molar-refractivity contribution in [2.75, 3.05) is 12.9 Å². The standard InChI is InChI=1S/C20H24N2O5S/c1-4-26-19(23)20(2,28(3,24)25)12-16-11-18(22-27-16)17-10-9-15(13-21-17)8-7-14-5-6-14/h9-10,13-14,16H,4-6,11-12H2,1-3H3. The lowest BCUT2D eigenvalue weighted by molar-refractivity contribution is -0.146. The molecule has 0 spiro atoms. The van der Waals surface area contributed by atoms with Gasteiger partial charge in [-0.05, 0) is 38.8 Å². The number of hydrogen-bond donors (Lipinski definition) is 0. The van der Waals surface area contributed by atoms with Crippen molar-refractivity contribution in [3.8, 4) is 11.8 Å². The van der Waals surface area contributed by atoms with Crippen LogP contribution in [0.2, 0.25) is 0 Å². The minimum Gasteiger partial charge on any atom is -0.465 e. The molecule has 8 heteroatoms. The van der Waals surface area contributed by atoms with E-state index < -0.39 is 26.7 Å². The molecule has 0 bridgehead atoms. The van der Waals surface area contributed by atoms with E-state index in [0.717, 1.165) is 11.8 Å². The van der Waals surface area contributed by atoms with E-state index in [-0.39, 0.29) is 13.0 Å². The first kappa shape index (κ1) is 20.3. The largest absolute Gasteiger partial charge is 0.465 e. The molecule has 1 aromatic rings. The first-order valence-electron chi connectivity index (χ1n) is 9.30.